The van der Waals surface area contributed by atoms with E-state index >= 15 is 0 Å². The maximum Gasteiger partial charge on any atom is -0.00990 e. The summed E-state index contributed by atoms with van der Waals surface area (Å²) in [5.74, 6) is 0. The molecule has 120 valence electrons. The van der Waals surface area contributed by atoms with Crippen LogP contribution in [0.1, 0.15) is 5.56 Å². The van der Waals surface area contributed by atoms with E-state index < -0.39 is 0 Å². The summed E-state index contributed by atoms with van der Waals surface area (Å²) >= 11 is 0. The lowest BCUT2D eigenvalue weighted by Crippen LogP contribution is -1.91. The molecule has 0 atom stereocenters. The van der Waals surface area contributed by atoms with Crippen LogP contribution in [-0.4, -0.2) is 0 Å². The van der Waals surface area contributed by atoms with Gasteiger partial charge in [-0.05, 0) is 51.9 Å². The Labute approximate surface area is 149 Å². The van der Waals surface area contributed by atoms with Crippen LogP contribution in [0.3, 0.4) is 0 Å². The van der Waals surface area contributed by atoms with Crippen molar-refractivity contribution in [2.75, 3.05) is 0 Å². The lowest BCUT2D eigenvalue weighted by molar-refractivity contribution is 1.45. The first-order valence-electron chi connectivity index (χ1n) is 8.64. The van der Waals surface area contributed by atoms with Gasteiger partial charge >= 0.3 is 0 Å². The monoisotopic (exact) mass is 320 g/mol. The van der Waals surface area contributed by atoms with Crippen molar-refractivity contribution in [3.05, 3.63) is 109 Å². The van der Waals surface area contributed by atoms with Crippen LogP contribution >= 0.6 is 0 Å². The number of aryl methyl sites for hydroxylation is 1. The number of hydrogen-bond acceptors (Lipinski definition) is 0. The van der Waals surface area contributed by atoms with Crippen molar-refractivity contribution in [1.29, 1.82) is 0 Å². The van der Waals surface area contributed by atoms with Gasteiger partial charge in [-0.25, -0.2) is 0 Å². The molecule has 0 nitrogen and oxygen atoms in total. The van der Waals surface area contributed by atoms with Crippen molar-refractivity contribution in [2.45, 2.75) is 6.92 Å². The predicted molar refractivity (Wildman–Crippen MR) is 107 cm³/mol. The maximum absolute atomic E-state index is 2.34. The van der Waals surface area contributed by atoms with Gasteiger partial charge in [0.25, 0.3) is 0 Å². The lowest BCUT2D eigenvalue weighted by atomic mass is 9.88. The zero-order valence-corrected chi connectivity index (χ0v) is 14.3. The molecule has 0 bridgehead atoms. The molecule has 0 fully saturated rings. The van der Waals surface area contributed by atoms with E-state index in [9.17, 15) is 0 Å². The highest BCUT2D eigenvalue weighted by Crippen LogP contribution is 2.37. The molecule has 0 spiro atoms. The van der Waals surface area contributed by atoms with Crippen LogP contribution in [0, 0.1) is 6.92 Å². The van der Waals surface area contributed by atoms with E-state index in [4.69, 9.17) is 0 Å². The molecule has 25 heavy (non-hydrogen) atoms. The summed E-state index contributed by atoms with van der Waals surface area (Å²) in [5, 5.41) is 0. The third kappa shape index (κ3) is 3.12. The molecule has 0 amide bonds. The van der Waals surface area contributed by atoms with Gasteiger partial charge in [0.15, 0.2) is 0 Å². The smallest absolute Gasteiger partial charge is 0.00990 e. The quantitative estimate of drug-likeness (QED) is 0.381. The molecule has 0 saturated heterocycles. The van der Waals surface area contributed by atoms with Gasteiger partial charge in [0.2, 0.25) is 0 Å². The fraction of sp³-hybridized carbons (Fsp3) is 0.0400. The van der Waals surface area contributed by atoms with E-state index in [0.29, 0.717) is 0 Å². The Morgan fingerprint density at radius 3 is 1.20 bits per heavy atom. The molecule has 0 aromatic heterocycles. The topological polar surface area (TPSA) is 0 Å². The highest BCUT2D eigenvalue weighted by molar-refractivity contribution is 5.88. The molecular weight excluding hydrogens is 300 g/mol. The summed E-state index contributed by atoms with van der Waals surface area (Å²) in [6, 6.07) is 36.6. The molecule has 0 N–H and O–H groups in total. The van der Waals surface area contributed by atoms with Gasteiger partial charge in [0, 0.05) is 0 Å². The van der Waals surface area contributed by atoms with Gasteiger partial charge in [-0.15, -0.1) is 0 Å². The molecule has 4 rings (SSSR count). The van der Waals surface area contributed by atoms with Crippen LogP contribution in [0.5, 0.6) is 0 Å². The van der Waals surface area contributed by atoms with Crippen LogP contribution in [0.4, 0.5) is 0 Å². The molecule has 0 aliphatic rings. The Bertz CT molecular complexity index is 968. The SMILES string of the molecule is Cc1cc(-c2ccccc2)c(-c2ccccc2)cc1-c1ccccc1. The van der Waals surface area contributed by atoms with Gasteiger partial charge < -0.3 is 0 Å². The zero-order valence-electron chi connectivity index (χ0n) is 14.3. The highest BCUT2D eigenvalue weighted by Gasteiger charge is 2.12. The Morgan fingerprint density at radius 2 is 0.760 bits per heavy atom. The van der Waals surface area contributed by atoms with E-state index in [1.807, 2.05) is 0 Å². The minimum Gasteiger partial charge on any atom is -0.0622 e. The van der Waals surface area contributed by atoms with Crippen LogP contribution < -0.4 is 0 Å². The Hall–Kier alpha value is -3.12. The van der Waals surface area contributed by atoms with E-state index in [2.05, 4.69) is 110 Å². The van der Waals surface area contributed by atoms with Crippen LogP contribution in [0.2, 0.25) is 0 Å². The van der Waals surface area contributed by atoms with Gasteiger partial charge in [-0.2, -0.15) is 0 Å². The van der Waals surface area contributed by atoms with Gasteiger partial charge in [-0.3, -0.25) is 0 Å². The molecule has 0 heteroatoms. The average Bonchev–Trinajstić information content (AvgIpc) is 2.70. The van der Waals surface area contributed by atoms with Gasteiger partial charge in [0.1, 0.15) is 0 Å². The molecular formula is C25H20. The van der Waals surface area contributed by atoms with Crippen molar-refractivity contribution in [3.8, 4) is 33.4 Å². The summed E-state index contributed by atoms with van der Waals surface area (Å²) in [6.07, 6.45) is 0. The molecule has 0 radical (unpaired) electrons. The van der Waals surface area contributed by atoms with E-state index in [0.717, 1.165) is 0 Å². The van der Waals surface area contributed by atoms with E-state index in [-0.39, 0.29) is 0 Å². The number of benzene rings is 4. The molecule has 0 unspecified atom stereocenters. The number of rotatable bonds is 3. The molecule has 0 aliphatic carbocycles. The predicted octanol–water partition coefficient (Wildman–Crippen LogP) is 7.00. The standard InChI is InChI=1S/C25H20/c1-19-17-24(21-13-7-3-8-14-21)25(22-15-9-4-10-16-22)18-23(19)20-11-5-2-6-12-20/h2-18H,1H3. The van der Waals surface area contributed by atoms with Crippen LogP contribution in [0.15, 0.2) is 103 Å². The molecule has 4 aromatic carbocycles. The second-order valence-electron chi connectivity index (χ2n) is 6.31. The van der Waals surface area contributed by atoms with E-state index in [1.165, 1.54) is 38.9 Å². The van der Waals surface area contributed by atoms with Crippen molar-refractivity contribution in [2.24, 2.45) is 0 Å². The lowest BCUT2D eigenvalue weighted by Gasteiger charge is -2.16. The first-order chi connectivity index (χ1) is 12.3. The van der Waals surface area contributed by atoms with Crippen LogP contribution in [-0.2, 0) is 0 Å². The first kappa shape index (κ1) is 15.4. The maximum atomic E-state index is 2.34. The Kier molecular flexibility index (Phi) is 4.18. The molecule has 0 heterocycles. The van der Waals surface area contributed by atoms with Crippen molar-refractivity contribution in [3.63, 3.8) is 0 Å². The minimum absolute atomic E-state index is 1.25. The number of hydrogen-bond donors (Lipinski definition) is 0. The third-order valence-corrected chi connectivity index (χ3v) is 4.62. The molecule has 0 aliphatic heterocycles. The largest absolute Gasteiger partial charge is 0.0622 e. The summed E-state index contributed by atoms with van der Waals surface area (Å²) in [7, 11) is 0. The summed E-state index contributed by atoms with van der Waals surface area (Å²) < 4.78 is 0. The van der Waals surface area contributed by atoms with E-state index in [1.54, 1.807) is 0 Å². The first-order valence-corrected chi connectivity index (χ1v) is 8.64. The van der Waals surface area contributed by atoms with Gasteiger partial charge in [-0.1, -0.05) is 97.1 Å². The fourth-order valence-electron chi connectivity index (χ4n) is 3.35. The van der Waals surface area contributed by atoms with Gasteiger partial charge in [0.05, 0.1) is 0 Å². The summed E-state index contributed by atoms with van der Waals surface area (Å²) in [4.78, 5) is 0. The fourth-order valence-corrected chi connectivity index (χ4v) is 3.35. The zero-order chi connectivity index (χ0) is 17.1. The van der Waals surface area contributed by atoms with Crippen molar-refractivity contribution >= 4 is 0 Å². The normalized spacial score (nSPS) is 10.6. The molecule has 0 saturated carbocycles. The molecule has 4 aromatic rings. The highest BCUT2D eigenvalue weighted by atomic mass is 14.2. The minimum atomic E-state index is 1.25. The summed E-state index contributed by atoms with van der Waals surface area (Å²) in [6.45, 7) is 2.20. The second-order valence-corrected chi connectivity index (χ2v) is 6.31. The van der Waals surface area contributed by atoms with Crippen LogP contribution in [0.25, 0.3) is 33.4 Å². The third-order valence-electron chi connectivity index (χ3n) is 4.62. The van der Waals surface area contributed by atoms with Crippen molar-refractivity contribution < 1.29 is 0 Å². The average molecular weight is 320 g/mol. The van der Waals surface area contributed by atoms with Crippen molar-refractivity contribution in [1.82, 2.24) is 0 Å². The summed E-state index contributed by atoms with van der Waals surface area (Å²) in [5.41, 5.74) is 8.91. The Balaban J connectivity index is 1.98. The Morgan fingerprint density at radius 1 is 0.400 bits per heavy atom. The second kappa shape index (κ2) is 6.78.